The second-order valence-electron chi connectivity index (χ2n) is 7.51. The summed E-state index contributed by atoms with van der Waals surface area (Å²) in [7, 11) is 1.95. The second-order valence-corrected chi connectivity index (χ2v) is 7.51. The highest BCUT2D eigenvalue weighted by molar-refractivity contribution is 5.84. The Kier molecular flexibility index (Phi) is 4.74. The molecular weight excluding hydrogens is 316 g/mol. The number of carbonyl (C=O) groups is 1. The second kappa shape index (κ2) is 7.15. The van der Waals surface area contributed by atoms with Gasteiger partial charge in [-0.05, 0) is 38.8 Å². The van der Waals surface area contributed by atoms with E-state index in [1.807, 2.05) is 11.9 Å². The van der Waals surface area contributed by atoms with Crippen LogP contribution in [0.4, 0.5) is 11.6 Å². The van der Waals surface area contributed by atoms with Crippen molar-refractivity contribution in [2.24, 2.45) is 0 Å². The molecule has 7 heteroatoms. The van der Waals surface area contributed by atoms with Crippen LogP contribution in [-0.2, 0) is 11.3 Å². The van der Waals surface area contributed by atoms with E-state index in [0.29, 0.717) is 25.2 Å². The van der Waals surface area contributed by atoms with E-state index in [1.165, 1.54) is 12.8 Å². The van der Waals surface area contributed by atoms with Gasteiger partial charge in [-0.1, -0.05) is 12.8 Å². The zero-order valence-corrected chi connectivity index (χ0v) is 15.0. The molecule has 25 heavy (non-hydrogen) atoms. The van der Waals surface area contributed by atoms with Crippen molar-refractivity contribution in [3.8, 4) is 0 Å². The Morgan fingerprint density at radius 3 is 2.64 bits per heavy atom. The summed E-state index contributed by atoms with van der Waals surface area (Å²) in [5.74, 6) is 2.00. The van der Waals surface area contributed by atoms with Gasteiger partial charge in [-0.15, -0.1) is 0 Å². The van der Waals surface area contributed by atoms with E-state index in [2.05, 4.69) is 25.5 Å². The third-order valence-corrected chi connectivity index (χ3v) is 5.75. The van der Waals surface area contributed by atoms with E-state index in [9.17, 15) is 4.79 Å². The van der Waals surface area contributed by atoms with Crippen LogP contribution in [0.25, 0.3) is 0 Å². The van der Waals surface area contributed by atoms with Crippen molar-refractivity contribution in [3.63, 3.8) is 0 Å². The Bertz CT molecular complexity index is 624. The lowest BCUT2D eigenvalue weighted by molar-refractivity contribution is -0.132. The molecule has 0 bridgehead atoms. The number of nitrogens with zero attached hydrogens (tertiary/aromatic N) is 4. The van der Waals surface area contributed by atoms with Crippen molar-refractivity contribution in [2.75, 3.05) is 36.9 Å². The monoisotopic (exact) mass is 344 g/mol. The third kappa shape index (κ3) is 3.42. The average molecular weight is 344 g/mol. The maximum atomic E-state index is 12.8. The number of anilines is 2. The molecule has 2 N–H and O–H groups in total. The molecule has 1 saturated carbocycles. The zero-order chi connectivity index (χ0) is 17.2. The molecule has 0 unspecified atom stereocenters. The van der Waals surface area contributed by atoms with E-state index in [1.54, 1.807) is 6.33 Å². The normalized spacial score (nSPS) is 22.8. The number of amides is 1. The van der Waals surface area contributed by atoms with Gasteiger partial charge in [-0.3, -0.25) is 4.79 Å². The third-order valence-electron chi connectivity index (χ3n) is 5.75. The molecule has 0 aromatic carbocycles. The van der Waals surface area contributed by atoms with E-state index >= 15 is 0 Å². The van der Waals surface area contributed by atoms with Gasteiger partial charge in [0.1, 0.15) is 18.0 Å². The summed E-state index contributed by atoms with van der Waals surface area (Å²) in [4.78, 5) is 25.9. The summed E-state index contributed by atoms with van der Waals surface area (Å²) in [6, 6.07) is 0.809. The molecular formula is C18H28N6O. The molecule has 1 aromatic rings. The van der Waals surface area contributed by atoms with Crippen LogP contribution in [0.3, 0.4) is 0 Å². The quantitative estimate of drug-likeness (QED) is 0.863. The van der Waals surface area contributed by atoms with E-state index in [-0.39, 0.29) is 5.91 Å². The van der Waals surface area contributed by atoms with Crippen LogP contribution in [0.2, 0.25) is 0 Å². The Balaban J connectivity index is 1.63. The van der Waals surface area contributed by atoms with Crippen LogP contribution in [0.15, 0.2) is 6.33 Å². The number of likely N-dealkylation sites (N-methyl/N-ethyl adjacent to an activating group) is 1. The Hall–Kier alpha value is -1.89. The number of fused-ring (bicyclic) bond motifs is 1. The number of hydrogen-bond acceptors (Lipinski definition) is 6. The van der Waals surface area contributed by atoms with Gasteiger partial charge in [-0.25, -0.2) is 9.97 Å². The average Bonchev–Trinajstić information content (AvgIpc) is 3.11. The molecule has 1 amide bonds. The molecule has 4 rings (SSSR count). The van der Waals surface area contributed by atoms with Gasteiger partial charge >= 0.3 is 0 Å². The highest BCUT2D eigenvalue weighted by atomic mass is 16.2. The van der Waals surface area contributed by atoms with Crippen molar-refractivity contribution in [2.45, 2.75) is 57.2 Å². The van der Waals surface area contributed by atoms with Gasteiger partial charge in [0.05, 0.1) is 18.7 Å². The number of piperidine rings is 1. The lowest BCUT2D eigenvalue weighted by atomic mass is 10.1. The first-order valence-corrected chi connectivity index (χ1v) is 9.54. The van der Waals surface area contributed by atoms with Crippen molar-refractivity contribution in [1.82, 2.24) is 20.2 Å². The standard InChI is InChI=1S/C18H28N6O/c1-23-11-16(25)24(14-4-2-3-5-14)10-15-17(20-12-21-18(15)23)22-13-6-8-19-9-7-13/h12-14,19H,2-11H2,1H3,(H,20,21,22). The summed E-state index contributed by atoms with van der Waals surface area (Å²) < 4.78 is 0. The van der Waals surface area contributed by atoms with Crippen LogP contribution in [0.1, 0.15) is 44.1 Å². The predicted octanol–water partition coefficient (Wildman–Crippen LogP) is 1.36. The molecule has 3 aliphatic rings. The van der Waals surface area contributed by atoms with Crippen molar-refractivity contribution >= 4 is 17.5 Å². The lowest BCUT2D eigenvalue weighted by Crippen LogP contribution is -2.41. The number of hydrogen-bond donors (Lipinski definition) is 2. The highest BCUT2D eigenvalue weighted by Gasteiger charge is 2.33. The molecule has 0 spiro atoms. The fourth-order valence-electron chi connectivity index (χ4n) is 4.34. The summed E-state index contributed by atoms with van der Waals surface area (Å²) in [5, 5.41) is 7.02. The van der Waals surface area contributed by atoms with Gasteiger partial charge in [-0.2, -0.15) is 0 Å². The summed E-state index contributed by atoms with van der Waals surface area (Å²) in [5.41, 5.74) is 1.07. The number of carbonyl (C=O) groups excluding carboxylic acids is 1. The Labute approximate surface area is 149 Å². The fraction of sp³-hybridized carbons (Fsp3) is 0.722. The molecule has 3 heterocycles. The molecule has 2 aliphatic heterocycles. The smallest absolute Gasteiger partial charge is 0.242 e. The molecule has 7 nitrogen and oxygen atoms in total. The van der Waals surface area contributed by atoms with Gasteiger partial charge in [0.15, 0.2) is 0 Å². The van der Waals surface area contributed by atoms with E-state index in [4.69, 9.17) is 0 Å². The van der Waals surface area contributed by atoms with Gasteiger partial charge in [0.2, 0.25) is 5.91 Å². The van der Waals surface area contributed by atoms with Gasteiger partial charge in [0.25, 0.3) is 0 Å². The largest absolute Gasteiger partial charge is 0.367 e. The van der Waals surface area contributed by atoms with E-state index < -0.39 is 0 Å². The van der Waals surface area contributed by atoms with Crippen LogP contribution in [0.5, 0.6) is 0 Å². The summed E-state index contributed by atoms with van der Waals surface area (Å²) in [6.45, 7) is 3.10. The molecule has 1 aliphatic carbocycles. The minimum Gasteiger partial charge on any atom is -0.367 e. The Morgan fingerprint density at radius 1 is 1.12 bits per heavy atom. The zero-order valence-electron chi connectivity index (χ0n) is 15.0. The molecule has 0 radical (unpaired) electrons. The summed E-state index contributed by atoms with van der Waals surface area (Å²) in [6.07, 6.45) is 8.50. The number of aromatic nitrogens is 2. The molecule has 2 fully saturated rings. The van der Waals surface area contributed by atoms with Crippen molar-refractivity contribution in [3.05, 3.63) is 11.9 Å². The minimum absolute atomic E-state index is 0.209. The first kappa shape index (κ1) is 16.6. The van der Waals surface area contributed by atoms with Crippen LogP contribution >= 0.6 is 0 Å². The Morgan fingerprint density at radius 2 is 1.88 bits per heavy atom. The summed E-state index contributed by atoms with van der Waals surface area (Å²) >= 11 is 0. The lowest BCUT2D eigenvalue weighted by Gasteiger charge is -2.29. The highest BCUT2D eigenvalue weighted by Crippen LogP contribution is 2.32. The first-order valence-electron chi connectivity index (χ1n) is 9.54. The molecule has 136 valence electrons. The number of rotatable bonds is 3. The van der Waals surface area contributed by atoms with E-state index in [0.717, 1.165) is 56.0 Å². The molecule has 0 atom stereocenters. The van der Waals surface area contributed by atoms with Crippen molar-refractivity contribution in [1.29, 1.82) is 0 Å². The van der Waals surface area contributed by atoms with Crippen LogP contribution < -0.4 is 15.5 Å². The SMILES string of the molecule is CN1CC(=O)N(C2CCCC2)Cc2c(NC3CCNCC3)ncnc21. The predicted molar refractivity (Wildman–Crippen MR) is 97.6 cm³/mol. The maximum absolute atomic E-state index is 12.8. The fourth-order valence-corrected chi connectivity index (χ4v) is 4.34. The first-order chi connectivity index (χ1) is 12.2. The van der Waals surface area contributed by atoms with Crippen LogP contribution in [0, 0.1) is 0 Å². The van der Waals surface area contributed by atoms with Gasteiger partial charge < -0.3 is 20.4 Å². The number of nitrogens with one attached hydrogen (secondary N) is 2. The molecule has 1 aromatic heterocycles. The maximum Gasteiger partial charge on any atom is 0.242 e. The topological polar surface area (TPSA) is 73.4 Å². The minimum atomic E-state index is 0.209. The van der Waals surface area contributed by atoms with Crippen LogP contribution in [-0.4, -0.2) is 59.5 Å². The molecule has 1 saturated heterocycles. The van der Waals surface area contributed by atoms with Gasteiger partial charge in [0, 0.05) is 19.1 Å². The van der Waals surface area contributed by atoms with Crippen molar-refractivity contribution < 1.29 is 4.79 Å².